The first-order valence-electron chi connectivity index (χ1n) is 11.9. The minimum atomic E-state index is -0.0964. The topological polar surface area (TPSA) is 78.5 Å². The third-order valence-electron chi connectivity index (χ3n) is 6.76. The summed E-state index contributed by atoms with van der Waals surface area (Å²) in [6, 6.07) is 14.2. The first-order valence-corrected chi connectivity index (χ1v) is 14.1. The molecule has 0 saturated carbocycles. The predicted octanol–water partition coefficient (Wildman–Crippen LogP) is 5.86. The van der Waals surface area contributed by atoms with Crippen LogP contribution in [-0.2, 0) is 12.8 Å². The molecule has 1 aliphatic rings. The van der Waals surface area contributed by atoms with Gasteiger partial charge in [0.15, 0.2) is 10.9 Å². The van der Waals surface area contributed by atoms with Crippen LogP contribution < -0.4 is 10.3 Å². The van der Waals surface area contributed by atoms with Crippen molar-refractivity contribution in [1.82, 2.24) is 19.2 Å². The molecule has 0 fully saturated rings. The Labute approximate surface area is 226 Å². The Hall–Kier alpha value is -3.14. The van der Waals surface area contributed by atoms with Crippen molar-refractivity contribution in [3.8, 4) is 11.4 Å². The molecule has 0 radical (unpaired) electrons. The molecule has 10 heteroatoms. The number of nitrogens with zero attached hydrogens (tertiary/aromatic N) is 4. The molecule has 0 unspecified atom stereocenters. The summed E-state index contributed by atoms with van der Waals surface area (Å²) < 4.78 is 8.86. The van der Waals surface area contributed by atoms with E-state index in [1.807, 2.05) is 28.7 Å². The number of carbonyl (C=O) groups excluding carboxylic acids is 1. The van der Waals surface area contributed by atoms with Crippen molar-refractivity contribution < 1.29 is 9.53 Å². The van der Waals surface area contributed by atoms with Gasteiger partial charge < -0.3 is 4.74 Å². The van der Waals surface area contributed by atoms with Gasteiger partial charge in [0.05, 0.1) is 23.9 Å². The molecule has 3 aromatic heterocycles. The number of carbonyl (C=O) groups is 1. The number of halogens is 1. The number of ketones is 1. The summed E-state index contributed by atoms with van der Waals surface area (Å²) >= 11 is 8.93. The maximum atomic E-state index is 14.0. The summed E-state index contributed by atoms with van der Waals surface area (Å²) in [5.41, 5.74) is 2.31. The highest BCUT2D eigenvalue weighted by Crippen LogP contribution is 2.38. The van der Waals surface area contributed by atoms with Crippen LogP contribution in [0, 0.1) is 5.92 Å². The SMILES string of the molecule is COc1ccc(-n2c(=O)c3c4c(sc3n3c(SCC(=O)c5ccc(Cl)cc5)nnc23)C[C@H](C)CC4)cc1. The standard InChI is InChI=1S/C27H23ClN4O3S2/c1-15-3-12-20-22(13-15)37-25-23(20)24(34)31(18-8-10-19(35-2)11-9-18)26-29-30-27(32(25)26)36-14-21(33)16-4-6-17(28)7-5-16/h4-11,15H,3,12-14H2,1-2H3/t15-/m1/s1. The number of fused-ring (bicyclic) bond motifs is 5. The van der Waals surface area contributed by atoms with E-state index < -0.39 is 0 Å². The van der Waals surface area contributed by atoms with Crippen molar-refractivity contribution in [2.75, 3.05) is 12.9 Å². The van der Waals surface area contributed by atoms with Crippen LogP contribution in [0.3, 0.4) is 0 Å². The molecule has 0 bridgehead atoms. The molecule has 0 spiro atoms. The number of benzene rings is 2. The largest absolute Gasteiger partial charge is 0.497 e. The predicted molar refractivity (Wildman–Crippen MR) is 148 cm³/mol. The van der Waals surface area contributed by atoms with Crippen molar-refractivity contribution in [3.05, 3.63) is 79.9 Å². The molecule has 6 rings (SSSR count). The lowest BCUT2D eigenvalue weighted by molar-refractivity contribution is 0.102. The molecule has 0 amide bonds. The lowest BCUT2D eigenvalue weighted by Crippen LogP contribution is -2.22. The van der Waals surface area contributed by atoms with Crippen LogP contribution in [-0.4, -0.2) is 37.8 Å². The summed E-state index contributed by atoms with van der Waals surface area (Å²) in [5, 5.41) is 10.8. The highest BCUT2D eigenvalue weighted by atomic mass is 35.5. The second kappa shape index (κ2) is 9.63. The number of hydrogen-bond donors (Lipinski definition) is 0. The third kappa shape index (κ3) is 4.24. The third-order valence-corrected chi connectivity index (χ3v) is 9.18. The number of thioether (sulfide) groups is 1. The smallest absolute Gasteiger partial charge is 0.268 e. The van der Waals surface area contributed by atoms with Gasteiger partial charge in [-0.1, -0.05) is 30.3 Å². The Morgan fingerprint density at radius 3 is 2.65 bits per heavy atom. The average molecular weight is 551 g/mol. The summed E-state index contributed by atoms with van der Waals surface area (Å²) in [6.07, 6.45) is 2.88. The number of Topliss-reactive ketones (excluding diaryl/α,β-unsaturated/α-hetero) is 1. The second-order valence-corrected chi connectivity index (χ2v) is 11.7. The first-order chi connectivity index (χ1) is 17.9. The second-order valence-electron chi connectivity index (χ2n) is 9.21. The van der Waals surface area contributed by atoms with Crippen LogP contribution in [0.5, 0.6) is 5.75 Å². The summed E-state index contributed by atoms with van der Waals surface area (Å²) in [4.78, 5) is 28.9. The van der Waals surface area contributed by atoms with Gasteiger partial charge in [0.2, 0.25) is 5.78 Å². The van der Waals surface area contributed by atoms with Gasteiger partial charge in [-0.25, -0.2) is 8.97 Å². The van der Waals surface area contributed by atoms with E-state index >= 15 is 0 Å². The number of methoxy groups -OCH3 is 1. The molecule has 0 aliphatic heterocycles. The maximum Gasteiger partial charge on any atom is 0.268 e. The van der Waals surface area contributed by atoms with Crippen LogP contribution in [0.4, 0.5) is 0 Å². The number of aryl methyl sites for hydroxylation is 1. The highest BCUT2D eigenvalue weighted by molar-refractivity contribution is 7.99. The van der Waals surface area contributed by atoms with Crippen molar-refractivity contribution >= 4 is 56.5 Å². The van der Waals surface area contributed by atoms with Gasteiger partial charge >= 0.3 is 0 Å². The normalized spacial score (nSPS) is 15.3. The fourth-order valence-corrected chi connectivity index (χ4v) is 7.32. The molecule has 7 nitrogen and oxygen atoms in total. The number of rotatable bonds is 6. The van der Waals surface area contributed by atoms with Crippen LogP contribution in [0.15, 0.2) is 58.5 Å². The summed E-state index contributed by atoms with van der Waals surface area (Å²) in [6.45, 7) is 2.25. The van der Waals surface area contributed by atoms with E-state index in [9.17, 15) is 9.59 Å². The zero-order valence-corrected chi connectivity index (χ0v) is 22.6. The molecular weight excluding hydrogens is 528 g/mol. The molecule has 5 aromatic rings. The van der Waals surface area contributed by atoms with E-state index in [-0.39, 0.29) is 17.1 Å². The van der Waals surface area contributed by atoms with E-state index in [0.717, 1.165) is 35.0 Å². The van der Waals surface area contributed by atoms with E-state index in [2.05, 4.69) is 17.1 Å². The van der Waals surface area contributed by atoms with Crippen molar-refractivity contribution in [1.29, 1.82) is 0 Å². The van der Waals surface area contributed by atoms with Crippen molar-refractivity contribution in [2.24, 2.45) is 5.92 Å². The quantitative estimate of drug-likeness (QED) is 0.195. The Bertz CT molecular complexity index is 1700. The summed E-state index contributed by atoms with van der Waals surface area (Å²) in [7, 11) is 1.61. The zero-order chi connectivity index (χ0) is 25.7. The van der Waals surface area contributed by atoms with Gasteiger partial charge in [-0.15, -0.1) is 21.5 Å². The van der Waals surface area contributed by atoms with E-state index in [4.69, 9.17) is 16.3 Å². The molecule has 37 heavy (non-hydrogen) atoms. The molecule has 0 N–H and O–H groups in total. The molecule has 1 atom stereocenters. The van der Waals surface area contributed by atoms with E-state index in [1.165, 1.54) is 16.6 Å². The van der Waals surface area contributed by atoms with Crippen molar-refractivity contribution in [2.45, 2.75) is 31.3 Å². The number of ether oxygens (including phenoxy) is 1. The van der Waals surface area contributed by atoms with Crippen LogP contribution >= 0.6 is 34.7 Å². The molecule has 0 saturated heterocycles. The zero-order valence-electron chi connectivity index (χ0n) is 20.2. The fraction of sp³-hybridized carbons (Fsp3) is 0.259. The Kier molecular flexibility index (Phi) is 6.30. The minimum absolute atomic E-state index is 0.0302. The Balaban J connectivity index is 1.51. The van der Waals surface area contributed by atoms with Gasteiger partial charge in [0.1, 0.15) is 10.6 Å². The lowest BCUT2D eigenvalue weighted by atomic mass is 9.89. The minimum Gasteiger partial charge on any atom is -0.497 e. The number of thiophene rings is 1. The van der Waals surface area contributed by atoms with Crippen LogP contribution in [0.2, 0.25) is 5.02 Å². The van der Waals surface area contributed by atoms with Gasteiger partial charge in [0, 0.05) is 15.5 Å². The highest BCUT2D eigenvalue weighted by Gasteiger charge is 2.27. The van der Waals surface area contributed by atoms with Gasteiger partial charge in [-0.2, -0.15) is 0 Å². The molecular formula is C27H23ClN4O3S2. The van der Waals surface area contributed by atoms with Crippen LogP contribution in [0.25, 0.3) is 21.7 Å². The lowest BCUT2D eigenvalue weighted by Gasteiger charge is -2.17. The monoisotopic (exact) mass is 550 g/mol. The average Bonchev–Trinajstić information content (AvgIpc) is 3.49. The van der Waals surface area contributed by atoms with Gasteiger partial charge in [0.25, 0.3) is 5.56 Å². The first kappa shape index (κ1) is 24.2. The Morgan fingerprint density at radius 1 is 1.16 bits per heavy atom. The van der Waals surface area contributed by atoms with E-state index in [0.29, 0.717) is 38.9 Å². The molecule has 188 valence electrons. The Morgan fingerprint density at radius 2 is 1.92 bits per heavy atom. The van der Waals surface area contributed by atoms with Crippen molar-refractivity contribution in [3.63, 3.8) is 0 Å². The fourth-order valence-electron chi connectivity index (χ4n) is 4.81. The molecule has 3 heterocycles. The maximum absolute atomic E-state index is 14.0. The number of hydrogen-bond acceptors (Lipinski definition) is 7. The van der Waals surface area contributed by atoms with Gasteiger partial charge in [-0.05, 0) is 79.3 Å². The van der Waals surface area contributed by atoms with Crippen LogP contribution in [0.1, 0.15) is 34.1 Å². The van der Waals surface area contributed by atoms with E-state index in [1.54, 1.807) is 47.3 Å². The number of aromatic nitrogens is 4. The molecule has 2 aromatic carbocycles. The van der Waals surface area contributed by atoms with Gasteiger partial charge in [-0.3, -0.25) is 9.59 Å². The molecule has 1 aliphatic carbocycles. The summed E-state index contributed by atoms with van der Waals surface area (Å²) in [5.74, 6) is 1.86.